The largest absolute Gasteiger partial charge is 0.288 e. The number of hydrogen-bond acceptors (Lipinski definition) is 2. The van der Waals surface area contributed by atoms with E-state index < -0.39 is 0 Å². The van der Waals surface area contributed by atoms with Crippen LogP contribution in [0.25, 0.3) is 0 Å². The van der Waals surface area contributed by atoms with Crippen molar-refractivity contribution in [3.05, 3.63) is 52.3 Å². The second-order valence-corrected chi connectivity index (χ2v) is 4.95. The van der Waals surface area contributed by atoms with Crippen molar-refractivity contribution in [3.8, 4) is 0 Å². The van der Waals surface area contributed by atoms with E-state index in [9.17, 15) is 4.79 Å². The van der Waals surface area contributed by atoms with Crippen LogP contribution in [0.5, 0.6) is 0 Å². The third kappa shape index (κ3) is 2.60. The van der Waals surface area contributed by atoms with Crippen molar-refractivity contribution in [2.45, 2.75) is 33.6 Å². The standard InChI is InChI=1S/C16H20N2O/c1-5-6-13-7-9-14(10-8-13)16(19)15-11(2)17-18(4)12(15)3/h7-10H,5-6H2,1-4H3. The lowest BCUT2D eigenvalue weighted by Crippen LogP contribution is -2.05. The predicted octanol–water partition coefficient (Wildman–Crippen LogP) is 3.22. The molecule has 3 nitrogen and oxygen atoms in total. The molecular weight excluding hydrogens is 236 g/mol. The van der Waals surface area contributed by atoms with Gasteiger partial charge in [-0.1, -0.05) is 37.6 Å². The van der Waals surface area contributed by atoms with Gasteiger partial charge in [0, 0.05) is 18.3 Å². The van der Waals surface area contributed by atoms with Crippen LogP contribution < -0.4 is 0 Å². The number of rotatable bonds is 4. The molecule has 0 saturated heterocycles. The molecule has 2 aromatic rings. The normalized spacial score (nSPS) is 10.7. The average Bonchev–Trinajstić information content (AvgIpc) is 2.64. The summed E-state index contributed by atoms with van der Waals surface area (Å²) in [6.07, 6.45) is 2.17. The van der Waals surface area contributed by atoms with Crippen molar-refractivity contribution in [1.29, 1.82) is 0 Å². The van der Waals surface area contributed by atoms with Gasteiger partial charge in [0.2, 0.25) is 0 Å². The monoisotopic (exact) mass is 256 g/mol. The molecule has 0 fully saturated rings. The molecule has 0 N–H and O–H groups in total. The summed E-state index contributed by atoms with van der Waals surface area (Å²) in [5, 5.41) is 4.30. The van der Waals surface area contributed by atoms with Crippen LogP contribution in [0.2, 0.25) is 0 Å². The molecule has 0 aliphatic carbocycles. The molecule has 2 rings (SSSR count). The van der Waals surface area contributed by atoms with Gasteiger partial charge in [-0.2, -0.15) is 5.10 Å². The van der Waals surface area contributed by atoms with Gasteiger partial charge in [-0.3, -0.25) is 9.48 Å². The molecule has 0 bridgehead atoms. The number of carbonyl (C=O) groups excluding carboxylic acids is 1. The fourth-order valence-corrected chi connectivity index (χ4v) is 2.36. The summed E-state index contributed by atoms with van der Waals surface area (Å²) in [6.45, 7) is 5.96. The molecule has 0 unspecified atom stereocenters. The second-order valence-electron chi connectivity index (χ2n) is 4.95. The number of aryl methyl sites for hydroxylation is 3. The Hall–Kier alpha value is -1.90. The van der Waals surface area contributed by atoms with E-state index in [-0.39, 0.29) is 5.78 Å². The van der Waals surface area contributed by atoms with Crippen LogP contribution in [-0.2, 0) is 13.5 Å². The Morgan fingerprint density at radius 1 is 1.21 bits per heavy atom. The smallest absolute Gasteiger partial charge is 0.196 e. The Kier molecular flexibility index (Phi) is 3.84. The van der Waals surface area contributed by atoms with Crippen LogP contribution in [0.1, 0.15) is 46.2 Å². The Morgan fingerprint density at radius 2 is 1.84 bits per heavy atom. The van der Waals surface area contributed by atoms with Crippen LogP contribution in [0.4, 0.5) is 0 Å². The van der Waals surface area contributed by atoms with Crippen LogP contribution in [0, 0.1) is 13.8 Å². The van der Waals surface area contributed by atoms with Gasteiger partial charge in [0.15, 0.2) is 5.78 Å². The highest BCUT2D eigenvalue weighted by atomic mass is 16.1. The molecule has 19 heavy (non-hydrogen) atoms. The Morgan fingerprint density at radius 3 is 2.32 bits per heavy atom. The molecule has 0 aliphatic rings. The average molecular weight is 256 g/mol. The highest BCUT2D eigenvalue weighted by Crippen LogP contribution is 2.18. The minimum atomic E-state index is 0.0612. The summed E-state index contributed by atoms with van der Waals surface area (Å²) in [5.74, 6) is 0.0612. The lowest BCUT2D eigenvalue weighted by molar-refractivity contribution is 0.103. The summed E-state index contributed by atoms with van der Waals surface area (Å²) >= 11 is 0. The van der Waals surface area contributed by atoms with Gasteiger partial charge in [-0.25, -0.2) is 0 Å². The van der Waals surface area contributed by atoms with Crippen molar-refractivity contribution in [2.24, 2.45) is 7.05 Å². The first-order chi connectivity index (χ1) is 9.04. The first-order valence-electron chi connectivity index (χ1n) is 6.68. The molecule has 1 aromatic carbocycles. The highest BCUT2D eigenvalue weighted by Gasteiger charge is 2.18. The molecule has 0 saturated carbocycles. The third-order valence-corrected chi connectivity index (χ3v) is 3.49. The number of carbonyl (C=O) groups is 1. The van der Waals surface area contributed by atoms with E-state index in [0.717, 1.165) is 35.4 Å². The first kappa shape index (κ1) is 13.5. The van der Waals surface area contributed by atoms with E-state index in [0.29, 0.717) is 0 Å². The fraction of sp³-hybridized carbons (Fsp3) is 0.375. The summed E-state index contributed by atoms with van der Waals surface area (Å²) in [7, 11) is 1.86. The quantitative estimate of drug-likeness (QED) is 0.787. The third-order valence-electron chi connectivity index (χ3n) is 3.49. The topological polar surface area (TPSA) is 34.9 Å². The van der Waals surface area contributed by atoms with Gasteiger partial charge in [0.05, 0.1) is 11.3 Å². The minimum Gasteiger partial charge on any atom is -0.288 e. The molecule has 0 spiro atoms. The summed E-state index contributed by atoms with van der Waals surface area (Å²) in [5.41, 5.74) is 4.45. The van der Waals surface area contributed by atoms with E-state index in [2.05, 4.69) is 12.0 Å². The van der Waals surface area contributed by atoms with Crippen LogP contribution in [-0.4, -0.2) is 15.6 Å². The maximum Gasteiger partial charge on any atom is 0.196 e. The Labute approximate surface area is 114 Å². The van der Waals surface area contributed by atoms with Crippen molar-refractivity contribution < 1.29 is 4.79 Å². The number of hydrogen-bond donors (Lipinski definition) is 0. The summed E-state index contributed by atoms with van der Waals surface area (Å²) in [4.78, 5) is 12.5. The van der Waals surface area contributed by atoms with Crippen molar-refractivity contribution in [2.75, 3.05) is 0 Å². The maximum absolute atomic E-state index is 12.5. The number of benzene rings is 1. The summed E-state index contributed by atoms with van der Waals surface area (Å²) in [6, 6.07) is 7.91. The highest BCUT2D eigenvalue weighted by molar-refractivity contribution is 6.10. The van der Waals surface area contributed by atoms with E-state index in [1.807, 2.05) is 45.2 Å². The van der Waals surface area contributed by atoms with Gasteiger partial charge in [0.1, 0.15) is 0 Å². The predicted molar refractivity (Wildman–Crippen MR) is 76.6 cm³/mol. The number of nitrogens with zero attached hydrogens (tertiary/aromatic N) is 2. The van der Waals surface area contributed by atoms with E-state index in [1.54, 1.807) is 4.68 Å². The van der Waals surface area contributed by atoms with E-state index >= 15 is 0 Å². The van der Waals surface area contributed by atoms with E-state index in [1.165, 1.54) is 5.56 Å². The van der Waals surface area contributed by atoms with Crippen molar-refractivity contribution in [1.82, 2.24) is 9.78 Å². The molecule has 0 aliphatic heterocycles. The zero-order valence-corrected chi connectivity index (χ0v) is 12.0. The maximum atomic E-state index is 12.5. The molecule has 100 valence electrons. The minimum absolute atomic E-state index is 0.0612. The van der Waals surface area contributed by atoms with Crippen molar-refractivity contribution >= 4 is 5.78 Å². The molecule has 1 aromatic heterocycles. The Balaban J connectivity index is 2.33. The zero-order valence-electron chi connectivity index (χ0n) is 12.0. The second kappa shape index (κ2) is 5.39. The molecule has 0 atom stereocenters. The van der Waals surface area contributed by atoms with Gasteiger partial charge in [-0.05, 0) is 25.8 Å². The molecule has 0 amide bonds. The van der Waals surface area contributed by atoms with Crippen molar-refractivity contribution in [3.63, 3.8) is 0 Å². The lowest BCUT2D eigenvalue weighted by atomic mass is 9.99. The van der Waals surface area contributed by atoms with Crippen LogP contribution in [0.15, 0.2) is 24.3 Å². The van der Waals surface area contributed by atoms with Gasteiger partial charge >= 0.3 is 0 Å². The fourth-order valence-electron chi connectivity index (χ4n) is 2.36. The number of ketones is 1. The first-order valence-corrected chi connectivity index (χ1v) is 6.68. The molecular formula is C16H20N2O. The SMILES string of the molecule is CCCc1ccc(C(=O)c2c(C)nn(C)c2C)cc1. The van der Waals surface area contributed by atoms with Gasteiger partial charge in [0.25, 0.3) is 0 Å². The summed E-state index contributed by atoms with van der Waals surface area (Å²) < 4.78 is 1.76. The molecule has 3 heteroatoms. The zero-order chi connectivity index (χ0) is 14.0. The number of aromatic nitrogens is 2. The molecule has 0 radical (unpaired) electrons. The van der Waals surface area contributed by atoms with Gasteiger partial charge < -0.3 is 0 Å². The Bertz CT molecular complexity index is 594. The van der Waals surface area contributed by atoms with E-state index in [4.69, 9.17) is 0 Å². The van der Waals surface area contributed by atoms with Gasteiger partial charge in [-0.15, -0.1) is 0 Å². The van der Waals surface area contributed by atoms with Crippen LogP contribution >= 0.6 is 0 Å². The lowest BCUT2D eigenvalue weighted by Gasteiger charge is -2.04. The van der Waals surface area contributed by atoms with Crippen LogP contribution in [0.3, 0.4) is 0 Å². The molecule has 1 heterocycles.